The van der Waals surface area contributed by atoms with E-state index in [1.54, 1.807) is 0 Å². The Bertz CT molecular complexity index is 1240. The molecule has 3 unspecified atom stereocenters. The fraction of sp³-hybridized carbons (Fsp3) is 0.429. The summed E-state index contributed by atoms with van der Waals surface area (Å²) in [6, 6.07) is 17.7. The Labute approximate surface area is 200 Å². The molecule has 33 heavy (non-hydrogen) atoms. The predicted octanol–water partition coefficient (Wildman–Crippen LogP) is 6.26. The minimum Gasteiger partial charge on any atom is -0.490 e. The molecule has 0 saturated carbocycles. The number of β-amino-alcohol motifs (C(OH)–C–C–N with tert-alkyl or cyclic N) is 1. The zero-order valence-electron chi connectivity index (χ0n) is 19.8. The number of hydrogen-bond donors (Lipinski definition) is 2. The summed E-state index contributed by atoms with van der Waals surface area (Å²) in [5.74, 6) is 1.44. The lowest BCUT2D eigenvalue weighted by atomic mass is 9.89. The Balaban J connectivity index is 1.18. The minimum absolute atomic E-state index is 0.312. The quantitative estimate of drug-likeness (QED) is 0.341. The summed E-state index contributed by atoms with van der Waals surface area (Å²) in [6.07, 6.45) is 2.87. The molecular formula is C28H34N2O2S. The average molecular weight is 463 g/mol. The van der Waals surface area contributed by atoms with Crippen molar-refractivity contribution in [2.75, 3.05) is 19.7 Å². The third-order valence-corrected chi connectivity index (χ3v) is 8.37. The van der Waals surface area contributed by atoms with Crippen LogP contribution in [0.25, 0.3) is 21.0 Å². The zero-order valence-corrected chi connectivity index (χ0v) is 20.6. The van der Waals surface area contributed by atoms with Gasteiger partial charge in [-0.1, -0.05) is 25.1 Å². The van der Waals surface area contributed by atoms with Crippen molar-refractivity contribution in [1.82, 2.24) is 9.88 Å². The number of nitrogens with one attached hydrogen (secondary N) is 1. The third-order valence-electron chi connectivity index (χ3n) is 7.10. The highest BCUT2D eigenvalue weighted by molar-refractivity contribution is 7.19. The number of ether oxygens (including phenoxy) is 1. The average Bonchev–Trinajstić information content (AvgIpc) is 3.41. The molecule has 2 aromatic heterocycles. The highest BCUT2D eigenvalue weighted by Gasteiger charge is 2.29. The number of piperidine rings is 1. The van der Waals surface area contributed by atoms with Crippen molar-refractivity contribution in [3.8, 4) is 5.75 Å². The predicted molar refractivity (Wildman–Crippen MR) is 139 cm³/mol. The summed E-state index contributed by atoms with van der Waals surface area (Å²) >= 11 is 1.97. The number of rotatable bonds is 7. The van der Waals surface area contributed by atoms with Crippen LogP contribution in [0.1, 0.15) is 48.7 Å². The lowest BCUT2D eigenvalue weighted by Gasteiger charge is -2.38. The smallest absolute Gasteiger partial charge is 0.128 e. The second-order valence-corrected chi connectivity index (χ2v) is 10.6. The van der Waals surface area contributed by atoms with Gasteiger partial charge in [-0.05, 0) is 86.9 Å². The van der Waals surface area contributed by atoms with Gasteiger partial charge in [-0.2, -0.15) is 0 Å². The molecule has 174 valence electrons. The van der Waals surface area contributed by atoms with Gasteiger partial charge in [0.2, 0.25) is 0 Å². The molecule has 0 bridgehead atoms. The van der Waals surface area contributed by atoms with Crippen LogP contribution in [0.3, 0.4) is 0 Å². The first-order valence-corrected chi connectivity index (χ1v) is 13.0. The zero-order chi connectivity index (χ0) is 22.9. The Kier molecular flexibility index (Phi) is 6.46. The molecule has 1 fully saturated rings. The normalized spacial score (nSPS) is 20.5. The lowest BCUT2D eigenvalue weighted by Crippen LogP contribution is -2.45. The van der Waals surface area contributed by atoms with Crippen LogP contribution < -0.4 is 4.74 Å². The van der Waals surface area contributed by atoms with Gasteiger partial charge in [0.05, 0.1) is 0 Å². The first-order valence-electron chi connectivity index (χ1n) is 12.2. The van der Waals surface area contributed by atoms with Gasteiger partial charge in [0.1, 0.15) is 18.5 Å². The molecule has 4 nitrogen and oxygen atoms in total. The molecule has 3 heterocycles. The Morgan fingerprint density at radius 1 is 1.18 bits per heavy atom. The van der Waals surface area contributed by atoms with E-state index in [-0.39, 0.29) is 0 Å². The van der Waals surface area contributed by atoms with E-state index in [1.807, 2.05) is 30.4 Å². The molecule has 1 aliphatic rings. The number of H-pyrrole nitrogens is 1. The molecule has 0 radical (unpaired) electrons. The van der Waals surface area contributed by atoms with Crippen molar-refractivity contribution < 1.29 is 9.84 Å². The highest BCUT2D eigenvalue weighted by Crippen LogP contribution is 2.39. The fourth-order valence-electron chi connectivity index (χ4n) is 5.30. The van der Waals surface area contributed by atoms with Crippen LogP contribution in [0.5, 0.6) is 5.75 Å². The largest absolute Gasteiger partial charge is 0.490 e. The number of aromatic nitrogens is 1. The maximum Gasteiger partial charge on any atom is 0.128 e. The summed E-state index contributed by atoms with van der Waals surface area (Å²) in [4.78, 5) is 7.29. The van der Waals surface area contributed by atoms with Gasteiger partial charge in [-0.25, -0.2) is 0 Å². The third kappa shape index (κ3) is 4.68. The number of aryl methyl sites for hydroxylation is 2. The van der Waals surface area contributed by atoms with Crippen LogP contribution in [-0.4, -0.2) is 46.8 Å². The van der Waals surface area contributed by atoms with E-state index in [1.165, 1.54) is 20.5 Å². The number of aliphatic hydroxyl groups excluding tert-OH is 1. The summed E-state index contributed by atoms with van der Waals surface area (Å²) in [5.41, 5.74) is 3.64. The standard InChI is InChI=1S/C28H34N2O2S/c1-4-20-7-5-10-27-23(20)15-28(33-27)21-11-12-30(19(3)14-21)16-22(31)17-32-26-9-6-8-25-24(26)13-18(2)29-25/h5-10,13,15,19,21-22,29,31H,4,11-12,14,16-17H2,1-3H3. The van der Waals surface area contributed by atoms with Gasteiger partial charge in [0, 0.05) is 38.8 Å². The number of benzene rings is 2. The highest BCUT2D eigenvalue weighted by atomic mass is 32.1. The molecule has 0 spiro atoms. The molecule has 2 N–H and O–H groups in total. The van der Waals surface area contributed by atoms with E-state index in [0.717, 1.165) is 48.2 Å². The summed E-state index contributed by atoms with van der Waals surface area (Å²) in [6.45, 7) is 8.57. The van der Waals surface area contributed by atoms with Crippen molar-refractivity contribution in [3.05, 3.63) is 64.7 Å². The van der Waals surface area contributed by atoms with Crippen molar-refractivity contribution >= 4 is 32.3 Å². The van der Waals surface area contributed by atoms with Crippen molar-refractivity contribution in [1.29, 1.82) is 0 Å². The van der Waals surface area contributed by atoms with Crippen molar-refractivity contribution in [2.24, 2.45) is 0 Å². The van der Waals surface area contributed by atoms with E-state index in [2.05, 4.69) is 60.1 Å². The summed E-state index contributed by atoms with van der Waals surface area (Å²) < 4.78 is 7.44. The fourth-order valence-corrected chi connectivity index (χ4v) is 6.56. The maximum atomic E-state index is 10.7. The Hall–Kier alpha value is -2.34. The van der Waals surface area contributed by atoms with E-state index in [4.69, 9.17) is 4.74 Å². The summed E-state index contributed by atoms with van der Waals surface area (Å²) in [7, 11) is 0. The minimum atomic E-state index is -0.504. The molecule has 1 saturated heterocycles. The van der Waals surface area contributed by atoms with Crippen LogP contribution in [0.4, 0.5) is 0 Å². The van der Waals surface area contributed by atoms with Crippen LogP contribution in [0.2, 0.25) is 0 Å². The second-order valence-electron chi connectivity index (χ2n) is 9.53. The molecule has 1 aliphatic heterocycles. The topological polar surface area (TPSA) is 48.5 Å². The molecule has 5 rings (SSSR count). The molecule has 2 aromatic carbocycles. The van der Waals surface area contributed by atoms with Crippen molar-refractivity contribution in [2.45, 2.75) is 58.1 Å². The Morgan fingerprint density at radius 2 is 2.03 bits per heavy atom. The van der Waals surface area contributed by atoms with Gasteiger partial charge in [0.15, 0.2) is 0 Å². The molecular weight excluding hydrogens is 428 g/mol. The number of fused-ring (bicyclic) bond motifs is 2. The molecule has 3 atom stereocenters. The van der Waals surface area contributed by atoms with Gasteiger partial charge in [0.25, 0.3) is 0 Å². The monoisotopic (exact) mass is 462 g/mol. The van der Waals surface area contributed by atoms with E-state index in [0.29, 0.717) is 25.1 Å². The van der Waals surface area contributed by atoms with Gasteiger partial charge >= 0.3 is 0 Å². The number of nitrogens with zero attached hydrogens (tertiary/aromatic N) is 1. The van der Waals surface area contributed by atoms with Crippen LogP contribution >= 0.6 is 11.3 Å². The maximum absolute atomic E-state index is 10.7. The van der Waals surface area contributed by atoms with Crippen molar-refractivity contribution in [3.63, 3.8) is 0 Å². The molecule has 5 heteroatoms. The number of hydrogen-bond acceptors (Lipinski definition) is 4. The van der Waals surface area contributed by atoms with E-state index < -0.39 is 6.10 Å². The van der Waals surface area contributed by atoms with Gasteiger partial charge in [-0.15, -0.1) is 11.3 Å². The second kappa shape index (κ2) is 9.49. The Morgan fingerprint density at radius 3 is 2.85 bits per heavy atom. The van der Waals surface area contributed by atoms with Gasteiger partial charge in [-0.3, -0.25) is 4.90 Å². The first kappa shape index (κ1) is 22.5. The van der Waals surface area contributed by atoms with Gasteiger partial charge < -0.3 is 14.8 Å². The van der Waals surface area contributed by atoms with E-state index >= 15 is 0 Å². The lowest BCUT2D eigenvalue weighted by molar-refractivity contribution is 0.0408. The first-order chi connectivity index (χ1) is 16.0. The number of likely N-dealkylation sites (tertiary alicyclic amines) is 1. The van der Waals surface area contributed by atoms with Crippen LogP contribution in [-0.2, 0) is 6.42 Å². The number of aliphatic hydroxyl groups is 1. The molecule has 0 aliphatic carbocycles. The number of aromatic amines is 1. The molecule has 4 aromatic rings. The van der Waals surface area contributed by atoms with E-state index in [9.17, 15) is 5.11 Å². The SMILES string of the molecule is CCc1cccc2sc(C3CCN(CC(O)COc4cccc5[nH]c(C)cc45)C(C)C3)cc12. The van der Waals surface area contributed by atoms with Crippen LogP contribution in [0, 0.1) is 6.92 Å². The molecule has 0 amide bonds. The number of thiophene rings is 1. The van der Waals surface area contributed by atoms with Crippen LogP contribution in [0.15, 0.2) is 48.5 Å². The summed E-state index contributed by atoms with van der Waals surface area (Å²) in [5, 5.41) is 13.2.